The molecule has 0 aromatic rings. The molecule has 0 heterocycles. The summed E-state index contributed by atoms with van der Waals surface area (Å²) in [4.78, 5) is 23.6. The first kappa shape index (κ1) is 20.9. The van der Waals surface area contributed by atoms with E-state index in [0.29, 0.717) is 16.9 Å². The summed E-state index contributed by atoms with van der Waals surface area (Å²) in [6.07, 6.45) is 14.4. The zero-order chi connectivity index (χ0) is 21.2. The first-order valence-corrected chi connectivity index (χ1v) is 11.5. The van der Waals surface area contributed by atoms with Crippen LogP contribution in [0, 0.1) is 39.4 Å². The first-order valence-electron chi connectivity index (χ1n) is 11.5. The minimum atomic E-state index is -0.324. The Morgan fingerprint density at radius 1 is 1.07 bits per heavy atom. The molecule has 3 nitrogen and oxygen atoms in total. The molecular weight excluding hydrogens is 360 g/mol. The molecule has 3 unspecified atom stereocenters. The maximum atomic E-state index is 12.1. The van der Waals surface area contributed by atoms with Gasteiger partial charge in [0, 0.05) is 17.9 Å². The van der Waals surface area contributed by atoms with Crippen LogP contribution in [0.2, 0.25) is 0 Å². The molecule has 0 saturated heterocycles. The maximum Gasteiger partial charge on any atom is 0.302 e. The minimum Gasteiger partial charge on any atom is -0.462 e. The monoisotopic (exact) mass is 398 g/mol. The molecule has 0 N–H and O–H groups in total. The zero-order valence-corrected chi connectivity index (χ0v) is 19.1. The van der Waals surface area contributed by atoms with Crippen LogP contribution in [-0.4, -0.2) is 18.4 Å². The summed E-state index contributed by atoms with van der Waals surface area (Å²) in [7, 11) is 0. The van der Waals surface area contributed by atoms with Gasteiger partial charge in [0.1, 0.15) is 12.4 Å². The zero-order valence-electron chi connectivity index (χ0n) is 19.1. The van der Waals surface area contributed by atoms with Crippen LogP contribution in [0.1, 0.15) is 80.1 Å². The number of esters is 1. The van der Waals surface area contributed by atoms with Gasteiger partial charge in [-0.2, -0.15) is 0 Å². The summed E-state index contributed by atoms with van der Waals surface area (Å²) in [6.45, 7) is 13.7. The molecule has 160 valence electrons. The van der Waals surface area contributed by atoms with Gasteiger partial charge >= 0.3 is 5.97 Å². The second-order valence-corrected chi connectivity index (χ2v) is 11.8. The summed E-state index contributed by atoms with van der Waals surface area (Å²) >= 11 is 0. The van der Waals surface area contributed by atoms with Gasteiger partial charge < -0.3 is 4.74 Å². The van der Waals surface area contributed by atoms with Crippen molar-refractivity contribution < 1.29 is 14.3 Å². The van der Waals surface area contributed by atoms with Crippen molar-refractivity contribution in [2.24, 2.45) is 39.4 Å². The van der Waals surface area contributed by atoms with Crippen molar-refractivity contribution in [3.63, 3.8) is 0 Å². The third kappa shape index (κ3) is 2.90. The highest BCUT2D eigenvalue weighted by molar-refractivity contribution is 5.78. The topological polar surface area (TPSA) is 43.4 Å². The largest absolute Gasteiger partial charge is 0.462 e. The summed E-state index contributed by atoms with van der Waals surface area (Å²) in [6, 6.07) is 0. The van der Waals surface area contributed by atoms with Crippen LogP contribution in [0.4, 0.5) is 0 Å². The van der Waals surface area contributed by atoms with Crippen LogP contribution in [0.25, 0.3) is 0 Å². The lowest BCUT2D eigenvalue weighted by atomic mass is 9.36. The van der Waals surface area contributed by atoms with Crippen molar-refractivity contribution in [1.29, 1.82) is 0 Å². The highest BCUT2D eigenvalue weighted by atomic mass is 16.5. The Morgan fingerprint density at radius 3 is 2.45 bits per heavy atom. The third-order valence-corrected chi connectivity index (χ3v) is 9.77. The van der Waals surface area contributed by atoms with Crippen LogP contribution < -0.4 is 0 Å². The van der Waals surface area contributed by atoms with E-state index >= 15 is 0 Å². The predicted molar refractivity (Wildman–Crippen MR) is 115 cm³/mol. The molecule has 4 rings (SSSR count). The Morgan fingerprint density at radius 2 is 1.79 bits per heavy atom. The molecule has 29 heavy (non-hydrogen) atoms. The van der Waals surface area contributed by atoms with E-state index in [9.17, 15) is 9.59 Å². The molecule has 0 spiro atoms. The SMILES string of the molecule is CC(=O)O[C@H]1CC2[C@@]3(C)CCCC(C)(C)C3CC[C@@]2(C)C2C=CC(C=O)=C[C@]21C. The molecule has 3 heteroatoms. The normalized spacial score (nSPS) is 47.9. The van der Waals surface area contributed by atoms with E-state index in [0.717, 1.165) is 18.6 Å². The van der Waals surface area contributed by atoms with Crippen LogP contribution in [0.3, 0.4) is 0 Å². The molecule has 0 aliphatic heterocycles. The molecule has 7 atom stereocenters. The van der Waals surface area contributed by atoms with Gasteiger partial charge in [0.05, 0.1) is 0 Å². The molecule has 4 aliphatic rings. The van der Waals surface area contributed by atoms with E-state index in [-0.39, 0.29) is 34.2 Å². The number of hydrogen-bond acceptors (Lipinski definition) is 3. The quantitative estimate of drug-likeness (QED) is 0.430. The summed E-state index contributed by atoms with van der Waals surface area (Å²) in [5.41, 5.74) is 1.19. The van der Waals surface area contributed by atoms with Crippen LogP contribution >= 0.6 is 0 Å². The summed E-state index contributed by atoms with van der Waals surface area (Å²) in [5.74, 6) is 1.31. The van der Waals surface area contributed by atoms with Crippen molar-refractivity contribution in [1.82, 2.24) is 0 Å². The van der Waals surface area contributed by atoms with E-state index in [1.165, 1.54) is 39.0 Å². The van der Waals surface area contributed by atoms with E-state index in [2.05, 4.69) is 46.8 Å². The summed E-state index contributed by atoms with van der Waals surface area (Å²) in [5, 5.41) is 0. The van der Waals surface area contributed by atoms with Gasteiger partial charge in [0.25, 0.3) is 0 Å². The molecule has 4 aliphatic carbocycles. The van der Waals surface area contributed by atoms with Gasteiger partial charge in [-0.3, -0.25) is 9.59 Å². The minimum absolute atomic E-state index is 0.158. The average molecular weight is 399 g/mol. The van der Waals surface area contributed by atoms with Crippen LogP contribution in [0.15, 0.2) is 23.8 Å². The molecule has 3 saturated carbocycles. The number of ether oxygens (including phenoxy) is 1. The van der Waals surface area contributed by atoms with Gasteiger partial charge in [0.2, 0.25) is 0 Å². The molecular formula is C26H38O3. The number of fused-ring (bicyclic) bond motifs is 5. The number of rotatable bonds is 2. The number of carbonyl (C=O) groups excluding carboxylic acids is 2. The standard InChI is InChI=1S/C26H38O3/c1-17(28)29-22-14-21-24(4)12-7-11-23(2,3)19(24)10-13-25(21,5)20-9-8-18(16-27)15-26(20,22)6/h8-9,15-16,19-22H,7,10-14H2,1-6H3/t19?,20?,21?,22-,24-,25-,26+/m0/s1. The third-order valence-electron chi connectivity index (χ3n) is 9.77. The fraction of sp³-hybridized carbons (Fsp3) is 0.769. The molecule has 0 radical (unpaired) electrons. The Hall–Kier alpha value is -1.38. The highest BCUT2D eigenvalue weighted by Crippen LogP contribution is 2.71. The number of allylic oxidation sites excluding steroid dienone is 3. The predicted octanol–water partition coefficient (Wildman–Crippen LogP) is 5.89. The molecule has 0 bridgehead atoms. The molecule has 3 fully saturated rings. The van der Waals surface area contributed by atoms with E-state index in [4.69, 9.17) is 4.74 Å². The Bertz CT molecular complexity index is 777. The molecule has 0 amide bonds. The lowest BCUT2D eigenvalue weighted by Gasteiger charge is -2.69. The molecule has 0 aromatic carbocycles. The number of hydrogen-bond donors (Lipinski definition) is 0. The highest BCUT2D eigenvalue weighted by Gasteiger charge is 2.66. The van der Waals surface area contributed by atoms with Crippen LogP contribution in [0.5, 0.6) is 0 Å². The fourth-order valence-corrected chi connectivity index (χ4v) is 8.65. The number of aldehydes is 1. The van der Waals surface area contributed by atoms with Crippen LogP contribution in [-0.2, 0) is 14.3 Å². The Kier molecular flexibility index (Phi) is 4.72. The van der Waals surface area contributed by atoms with E-state index in [1.54, 1.807) is 0 Å². The second-order valence-electron chi connectivity index (χ2n) is 11.8. The van der Waals surface area contributed by atoms with Gasteiger partial charge in [-0.15, -0.1) is 0 Å². The lowest BCUT2D eigenvalue weighted by molar-refractivity contribution is -0.212. The van der Waals surface area contributed by atoms with Crippen molar-refractivity contribution >= 4 is 12.3 Å². The maximum absolute atomic E-state index is 12.1. The van der Waals surface area contributed by atoms with E-state index in [1.807, 2.05) is 6.08 Å². The van der Waals surface area contributed by atoms with Gasteiger partial charge in [0.15, 0.2) is 0 Å². The van der Waals surface area contributed by atoms with Crippen molar-refractivity contribution in [2.45, 2.75) is 86.2 Å². The smallest absolute Gasteiger partial charge is 0.302 e. The molecule has 0 aromatic heterocycles. The number of carbonyl (C=O) groups is 2. The first-order chi connectivity index (χ1) is 13.5. The fourth-order valence-electron chi connectivity index (χ4n) is 8.65. The summed E-state index contributed by atoms with van der Waals surface area (Å²) < 4.78 is 5.99. The van der Waals surface area contributed by atoms with E-state index < -0.39 is 0 Å². The van der Waals surface area contributed by atoms with Crippen molar-refractivity contribution in [2.75, 3.05) is 0 Å². The lowest BCUT2D eigenvalue weighted by Crippen LogP contribution is -2.64. The van der Waals surface area contributed by atoms with Gasteiger partial charge in [-0.1, -0.05) is 59.3 Å². The van der Waals surface area contributed by atoms with Gasteiger partial charge in [-0.05, 0) is 66.1 Å². The Labute approximate surface area is 176 Å². The Balaban J connectivity index is 1.82. The van der Waals surface area contributed by atoms with Crippen molar-refractivity contribution in [3.05, 3.63) is 23.8 Å². The van der Waals surface area contributed by atoms with Crippen molar-refractivity contribution in [3.8, 4) is 0 Å². The van der Waals surface area contributed by atoms with Gasteiger partial charge in [-0.25, -0.2) is 0 Å². The second kappa shape index (κ2) is 6.56. The average Bonchev–Trinajstić information content (AvgIpc) is 2.61.